The van der Waals surface area contributed by atoms with Crippen molar-refractivity contribution >= 4 is 17.7 Å². The minimum Gasteiger partial charge on any atom is -0.493 e. The number of ether oxygens (including phenoxy) is 4. The van der Waals surface area contributed by atoms with Gasteiger partial charge in [-0.15, -0.1) is 0 Å². The topological polar surface area (TPSA) is 57.2 Å². The number of carbonyl (C=O) groups is 1. The lowest BCUT2D eigenvalue weighted by atomic mass is 10.1. The van der Waals surface area contributed by atoms with Crippen molar-refractivity contribution in [2.24, 2.45) is 0 Å². The van der Waals surface area contributed by atoms with Crippen LogP contribution in [0.5, 0.6) is 23.0 Å². The molecule has 0 radical (unpaired) electrons. The number of methoxy groups -OCH3 is 2. The third-order valence-electron chi connectivity index (χ3n) is 4.87. The molecule has 0 aliphatic carbocycles. The lowest BCUT2D eigenvalue weighted by Gasteiger charge is -2.21. The maximum absolute atomic E-state index is 12.9. The van der Waals surface area contributed by atoms with E-state index in [9.17, 15) is 4.79 Å². The van der Waals surface area contributed by atoms with Crippen molar-refractivity contribution in [1.29, 1.82) is 0 Å². The molecule has 0 fully saturated rings. The van der Waals surface area contributed by atoms with Crippen LogP contribution in [0, 0.1) is 0 Å². The van der Waals surface area contributed by atoms with E-state index in [1.165, 1.54) is 5.56 Å². The molecule has 2 aliphatic heterocycles. The van der Waals surface area contributed by atoms with Gasteiger partial charge in [0.15, 0.2) is 11.5 Å². The zero-order chi connectivity index (χ0) is 19.0. The molecular formula is C21H21NO5. The highest BCUT2D eigenvalue weighted by atomic mass is 16.7. The second kappa shape index (κ2) is 6.87. The van der Waals surface area contributed by atoms with Gasteiger partial charge in [0.05, 0.1) is 14.2 Å². The Morgan fingerprint density at radius 1 is 1.19 bits per heavy atom. The monoisotopic (exact) mass is 367 g/mol. The van der Waals surface area contributed by atoms with Crippen LogP contribution in [0.15, 0.2) is 36.4 Å². The fraction of sp³-hybridized carbons (Fsp3) is 0.286. The van der Waals surface area contributed by atoms with Crippen LogP contribution in [-0.2, 0) is 11.2 Å². The van der Waals surface area contributed by atoms with Crippen molar-refractivity contribution in [3.05, 3.63) is 47.5 Å². The molecule has 27 heavy (non-hydrogen) atoms. The Morgan fingerprint density at radius 2 is 1.96 bits per heavy atom. The predicted octanol–water partition coefficient (Wildman–Crippen LogP) is 3.42. The number of hydrogen-bond acceptors (Lipinski definition) is 5. The Morgan fingerprint density at radius 3 is 2.74 bits per heavy atom. The second-order valence-electron chi connectivity index (χ2n) is 6.49. The molecule has 2 aromatic carbocycles. The van der Waals surface area contributed by atoms with Gasteiger partial charge >= 0.3 is 0 Å². The maximum Gasteiger partial charge on any atom is 0.251 e. The molecule has 0 N–H and O–H groups in total. The maximum atomic E-state index is 12.9. The van der Waals surface area contributed by atoms with Crippen molar-refractivity contribution in [3.8, 4) is 23.0 Å². The van der Waals surface area contributed by atoms with Crippen molar-refractivity contribution < 1.29 is 23.7 Å². The minimum absolute atomic E-state index is 0.0777. The van der Waals surface area contributed by atoms with Gasteiger partial charge in [-0.3, -0.25) is 4.79 Å². The van der Waals surface area contributed by atoms with Crippen LogP contribution in [0.25, 0.3) is 6.08 Å². The van der Waals surface area contributed by atoms with E-state index in [2.05, 4.69) is 13.0 Å². The van der Waals surface area contributed by atoms with Gasteiger partial charge in [-0.05, 0) is 37.1 Å². The van der Waals surface area contributed by atoms with Gasteiger partial charge < -0.3 is 23.8 Å². The van der Waals surface area contributed by atoms with Crippen molar-refractivity contribution in [2.45, 2.75) is 19.4 Å². The largest absolute Gasteiger partial charge is 0.493 e. The first-order chi connectivity index (χ1) is 13.1. The SMILES string of the molecule is COc1cc(/C=C/C(=O)N2c3ccccc3C[C@H]2C)c(OC)c2c1OCO2. The van der Waals surface area contributed by atoms with Crippen LogP contribution in [-0.4, -0.2) is 33.0 Å². The number of rotatable bonds is 4. The van der Waals surface area contributed by atoms with Gasteiger partial charge in [-0.2, -0.15) is 0 Å². The van der Waals surface area contributed by atoms with Crippen LogP contribution in [0.1, 0.15) is 18.1 Å². The molecule has 0 saturated carbocycles. The van der Waals surface area contributed by atoms with Gasteiger partial charge in [0.1, 0.15) is 0 Å². The molecule has 2 aliphatic rings. The predicted molar refractivity (Wildman–Crippen MR) is 102 cm³/mol. The third kappa shape index (κ3) is 2.87. The van der Waals surface area contributed by atoms with Crippen molar-refractivity contribution in [1.82, 2.24) is 0 Å². The normalized spacial score (nSPS) is 17.3. The Bertz CT molecular complexity index is 921. The van der Waals surface area contributed by atoms with Crippen LogP contribution >= 0.6 is 0 Å². The number of fused-ring (bicyclic) bond motifs is 2. The summed E-state index contributed by atoms with van der Waals surface area (Å²) in [6.45, 7) is 2.16. The number of para-hydroxylation sites is 1. The molecule has 1 amide bonds. The van der Waals surface area contributed by atoms with Crippen LogP contribution in [0.2, 0.25) is 0 Å². The lowest BCUT2D eigenvalue weighted by Crippen LogP contribution is -2.34. The molecule has 6 heteroatoms. The molecule has 0 spiro atoms. The first kappa shape index (κ1) is 17.3. The summed E-state index contributed by atoms with van der Waals surface area (Å²) >= 11 is 0. The Labute approximate surface area is 157 Å². The summed E-state index contributed by atoms with van der Waals surface area (Å²) in [5, 5.41) is 0. The van der Waals surface area contributed by atoms with Gasteiger partial charge in [-0.1, -0.05) is 18.2 Å². The quantitative estimate of drug-likeness (QED) is 0.775. The molecule has 1 atom stereocenters. The van der Waals surface area contributed by atoms with E-state index < -0.39 is 0 Å². The molecule has 0 saturated heterocycles. The Balaban J connectivity index is 1.66. The van der Waals surface area contributed by atoms with Crippen LogP contribution in [0.3, 0.4) is 0 Å². The van der Waals surface area contributed by atoms with Crippen LogP contribution in [0.4, 0.5) is 5.69 Å². The van der Waals surface area contributed by atoms with Gasteiger partial charge in [0.2, 0.25) is 18.3 Å². The summed E-state index contributed by atoms with van der Waals surface area (Å²) in [4.78, 5) is 14.7. The van der Waals surface area contributed by atoms with E-state index in [0.29, 0.717) is 28.6 Å². The first-order valence-corrected chi connectivity index (χ1v) is 8.77. The van der Waals surface area contributed by atoms with E-state index in [4.69, 9.17) is 18.9 Å². The molecule has 0 bridgehead atoms. The highest BCUT2D eigenvalue weighted by Crippen LogP contribution is 2.49. The number of hydrogen-bond donors (Lipinski definition) is 0. The standard InChI is InChI=1S/C21H21NO5/c1-13-10-14-6-4-5-7-16(14)22(13)18(23)9-8-15-11-17(24-2)20-21(19(15)25-3)27-12-26-20/h4-9,11,13H,10,12H2,1-3H3/b9-8+/t13-/m1/s1. The second-order valence-corrected chi connectivity index (χ2v) is 6.49. The summed E-state index contributed by atoms with van der Waals surface area (Å²) in [7, 11) is 3.12. The van der Waals surface area contributed by atoms with E-state index in [1.54, 1.807) is 32.4 Å². The smallest absolute Gasteiger partial charge is 0.251 e. The summed E-state index contributed by atoms with van der Waals surface area (Å²) < 4.78 is 21.8. The van der Waals surface area contributed by atoms with Gasteiger partial charge in [0, 0.05) is 23.4 Å². The molecule has 140 valence electrons. The summed E-state index contributed by atoms with van der Waals surface area (Å²) in [6, 6.07) is 9.89. The first-order valence-electron chi connectivity index (χ1n) is 8.77. The number of amides is 1. The Kier molecular flexibility index (Phi) is 4.39. The molecule has 4 rings (SSSR count). The lowest BCUT2D eigenvalue weighted by molar-refractivity contribution is -0.114. The van der Waals surface area contributed by atoms with Gasteiger partial charge in [0.25, 0.3) is 5.91 Å². The third-order valence-corrected chi connectivity index (χ3v) is 4.87. The molecule has 2 aromatic rings. The van der Waals surface area contributed by atoms with Gasteiger partial charge in [-0.25, -0.2) is 0 Å². The number of anilines is 1. The number of benzene rings is 2. The van der Waals surface area contributed by atoms with E-state index in [-0.39, 0.29) is 18.7 Å². The van der Waals surface area contributed by atoms with Crippen molar-refractivity contribution in [2.75, 3.05) is 25.9 Å². The molecule has 0 unspecified atom stereocenters. The fourth-order valence-corrected chi connectivity index (χ4v) is 3.66. The average Bonchev–Trinajstić information content (AvgIpc) is 3.28. The fourth-order valence-electron chi connectivity index (χ4n) is 3.66. The summed E-state index contributed by atoms with van der Waals surface area (Å²) in [5.74, 6) is 1.98. The minimum atomic E-state index is -0.0777. The highest BCUT2D eigenvalue weighted by molar-refractivity contribution is 6.05. The highest BCUT2D eigenvalue weighted by Gasteiger charge is 2.30. The average molecular weight is 367 g/mol. The van der Waals surface area contributed by atoms with E-state index in [0.717, 1.165) is 12.1 Å². The molecule has 6 nitrogen and oxygen atoms in total. The molecule has 0 aromatic heterocycles. The zero-order valence-electron chi connectivity index (χ0n) is 15.5. The summed E-state index contributed by atoms with van der Waals surface area (Å²) in [6.07, 6.45) is 4.13. The Hall–Kier alpha value is -3.15. The number of carbonyl (C=O) groups excluding carboxylic acids is 1. The molecule has 2 heterocycles. The molecular weight excluding hydrogens is 346 g/mol. The van der Waals surface area contributed by atoms with Crippen molar-refractivity contribution in [3.63, 3.8) is 0 Å². The summed E-state index contributed by atoms with van der Waals surface area (Å²) in [5.41, 5.74) is 2.84. The van der Waals surface area contributed by atoms with E-state index in [1.807, 2.05) is 23.1 Å². The van der Waals surface area contributed by atoms with E-state index >= 15 is 0 Å². The zero-order valence-corrected chi connectivity index (χ0v) is 15.5. The number of nitrogens with zero attached hydrogens (tertiary/aromatic N) is 1. The van der Waals surface area contributed by atoms with Crippen LogP contribution < -0.4 is 23.8 Å².